The number of hydrogen-bond acceptors (Lipinski definition) is 2. The van der Waals surface area contributed by atoms with E-state index in [0.717, 1.165) is 49.9 Å². The molecule has 4 bridgehead atoms. The fourth-order valence-electron chi connectivity index (χ4n) is 6.03. The summed E-state index contributed by atoms with van der Waals surface area (Å²) in [5, 5.41) is 14.8. The zero-order valence-electron chi connectivity index (χ0n) is 16.4. The van der Waals surface area contributed by atoms with Crippen LogP contribution in [0.2, 0.25) is 0 Å². The maximum atomic E-state index is 12.9. The Bertz CT molecular complexity index is 490. The number of rotatable bonds is 11. The van der Waals surface area contributed by atoms with Crippen LogP contribution in [-0.2, 0) is 4.79 Å². The topological polar surface area (TPSA) is 78.4 Å². The zero-order chi connectivity index (χ0) is 19.3. The molecule has 0 aromatic carbocycles. The summed E-state index contributed by atoms with van der Waals surface area (Å²) in [6.45, 7) is 0.698. The van der Waals surface area contributed by atoms with Crippen LogP contribution < -0.4 is 10.6 Å². The van der Waals surface area contributed by atoms with E-state index in [2.05, 4.69) is 10.6 Å². The SMILES string of the molecule is O=C(NCCCCCCCCC(F)C(=O)O)NC12CC3CC(CC(C3)C1)C2. The van der Waals surface area contributed by atoms with Crippen LogP contribution in [0, 0.1) is 17.8 Å². The van der Waals surface area contributed by atoms with E-state index in [9.17, 15) is 14.0 Å². The van der Waals surface area contributed by atoms with Crippen molar-refractivity contribution in [2.75, 3.05) is 6.54 Å². The van der Waals surface area contributed by atoms with Gasteiger partial charge in [0.2, 0.25) is 0 Å². The van der Waals surface area contributed by atoms with Crippen LogP contribution >= 0.6 is 0 Å². The van der Waals surface area contributed by atoms with Crippen molar-refractivity contribution in [2.45, 2.75) is 95.2 Å². The van der Waals surface area contributed by atoms with Crippen molar-refractivity contribution in [1.29, 1.82) is 0 Å². The maximum absolute atomic E-state index is 12.9. The summed E-state index contributed by atoms with van der Waals surface area (Å²) in [7, 11) is 0. The molecule has 154 valence electrons. The standard InChI is InChI=1S/C21H35FN2O3/c22-18(19(25)26)7-5-3-1-2-4-6-8-23-20(27)24-21-12-15-9-16(13-21)11-17(10-15)14-21/h15-18H,1-14H2,(H,25,26)(H2,23,24,27). The first-order valence-corrected chi connectivity index (χ1v) is 10.9. The summed E-state index contributed by atoms with van der Waals surface area (Å²) in [6, 6.07) is -0.000363. The van der Waals surface area contributed by atoms with Gasteiger partial charge in [-0.25, -0.2) is 14.0 Å². The van der Waals surface area contributed by atoms with Crippen LogP contribution in [0.3, 0.4) is 0 Å². The molecule has 27 heavy (non-hydrogen) atoms. The fraction of sp³-hybridized carbons (Fsp3) is 0.905. The summed E-state index contributed by atoms with van der Waals surface area (Å²) in [4.78, 5) is 22.7. The second-order valence-electron chi connectivity index (χ2n) is 9.29. The van der Waals surface area contributed by atoms with Gasteiger partial charge in [0, 0.05) is 12.1 Å². The zero-order valence-corrected chi connectivity index (χ0v) is 16.4. The van der Waals surface area contributed by atoms with Gasteiger partial charge in [-0.1, -0.05) is 25.7 Å². The molecule has 0 radical (unpaired) electrons. The predicted octanol–water partition coefficient (Wildman–Crippen LogP) is 4.41. The monoisotopic (exact) mass is 382 g/mol. The van der Waals surface area contributed by atoms with Crippen LogP contribution in [0.5, 0.6) is 0 Å². The minimum absolute atomic E-state index is 0.000363. The lowest BCUT2D eigenvalue weighted by molar-refractivity contribution is -0.143. The van der Waals surface area contributed by atoms with Gasteiger partial charge in [-0.3, -0.25) is 0 Å². The molecule has 0 spiro atoms. The Kier molecular flexibility index (Phi) is 6.99. The number of carbonyl (C=O) groups excluding carboxylic acids is 1. The fourth-order valence-corrected chi connectivity index (χ4v) is 6.03. The number of aliphatic carboxylic acids is 1. The van der Waals surface area contributed by atoms with Crippen LogP contribution in [0.4, 0.5) is 9.18 Å². The molecule has 0 aromatic heterocycles. The van der Waals surface area contributed by atoms with Crippen LogP contribution in [0.1, 0.15) is 83.5 Å². The molecule has 3 N–H and O–H groups in total. The molecule has 4 aliphatic carbocycles. The number of amides is 2. The summed E-state index contributed by atoms with van der Waals surface area (Å²) >= 11 is 0. The Morgan fingerprint density at radius 3 is 2.00 bits per heavy atom. The minimum atomic E-state index is -1.72. The van der Waals surface area contributed by atoms with Crippen molar-refractivity contribution in [1.82, 2.24) is 10.6 Å². The maximum Gasteiger partial charge on any atom is 0.338 e. The number of carboxylic acids is 1. The van der Waals surface area contributed by atoms with Crippen molar-refractivity contribution in [3.05, 3.63) is 0 Å². The second-order valence-corrected chi connectivity index (χ2v) is 9.29. The first kappa shape index (κ1) is 20.4. The molecule has 1 unspecified atom stereocenters. The molecule has 0 heterocycles. The number of alkyl halides is 1. The Hall–Kier alpha value is -1.33. The molecule has 4 fully saturated rings. The van der Waals surface area contributed by atoms with E-state index in [1.54, 1.807) is 0 Å². The molecule has 5 nitrogen and oxygen atoms in total. The third kappa shape index (κ3) is 5.82. The highest BCUT2D eigenvalue weighted by atomic mass is 19.1. The van der Waals surface area contributed by atoms with Crippen molar-refractivity contribution in [3.63, 3.8) is 0 Å². The average Bonchev–Trinajstić information content (AvgIpc) is 2.58. The van der Waals surface area contributed by atoms with E-state index in [-0.39, 0.29) is 18.0 Å². The minimum Gasteiger partial charge on any atom is -0.479 e. The normalized spacial score (nSPS) is 32.3. The molecule has 0 aromatic rings. The van der Waals surface area contributed by atoms with Gasteiger partial charge in [-0.2, -0.15) is 0 Å². The predicted molar refractivity (Wildman–Crippen MR) is 102 cm³/mol. The Morgan fingerprint density at radius 1 is 0.926 bits per heavy atom. The summed E-state index contributed by atoms with van der Waals surface area (Å²) in [6.07, 6.45) is 11.6. The van der Waals surface area contributed by atoms with E-state index in [1.165, 1.54) is 38.5 Å². The number of urea groups is 1. The average molecular weight is 383 g/mol. The summed E-state index contributed by atoms with van der Waals surface area (Å²) in [5.41, 5.74) is 0.0725. The van der Waals surface area contributed by atoms with E-state index in [4.69, 9.17) is 5.11 Å². The van der Waals surface area contributed by atoms with E-state index < -0.39 is 12.1 Å². The van der Waals surface area contributed by atoms with Crippen LogP contribution in [0.25, 0.3) is 0 Å². The molecule has 2 amide bonds. The number of halogens is 1. The van der Waals surface area contributed by atoms with Crippen molar-refractivity contribution in [3.8, 4) is 0 Å². The molecule has 6 heteroatoms. The molecule has 0 saturated heterocycles. The largest absolute Gasteiger partial charge is 0.479 e. The van der Waals surface area contributed by atoms with Crippen LogP contribution in [-0.4, -0.2) is 35.4 Å². The molecule has 4 saturated carbocycles. The quantitative estimate of drug-likeness (QED) is 0.463. The van der Waals surface area contributed by atoms with Gasteiger partial charge in [0.25, 0.3) is 0 Å². The Balaban J connectivity index is 1.20. The first-order valence-electron chi connectivity index (χ1n) is 10.9. The van der Waals surface area contributed by atoms with Gasteiger partial charge in [0.15, 0.2) is 6.17 Å². The van der Waals surface area contributed by atoms with Crippen molar-refractivity contribution >= 4 is 12.0 Å². The summed E-state index contributed by atoms with van der Waals surface area (Å²) in [5.74, 6) is 1.15. The Morgan fingerprint density at radius 2 is 1.44 bits per heavy atom. The first-order chi connectivity index (χ1) is 13.0. The van der Waals surface area contributed by atoms with E-state index >= 15 is 0 Å². The van der Waals surface area contributed by atoms with E-state index in [0.29, 0.717) is 13.0 Å². The molecule has 1 atom stereocenters. The molecule has 4 rings (SSSR count). The molecular formula is C21H35FN2O3. The molecule has 4 aliphatic rings. The lowest BCUT2D eigenvalue weighted by Gasteiger charge is -2.56. The van der Waals surface area contributed by atoms with Gasteiger partial charge in [-0.15, -0.1) is 0 Å². The second kappa shape index (κ2) is 9.24. The lowest BCUT2D eigenvalue weighted by Crippen LogP contribution is -2.61. The highest BCUT2D eigenvalue weighted by Crippen LogP contribution is 2.55. The smallest absolute Gasteiger partial charge is 0.338 e. The molecule has 0 aliphatic heterocycles. The van der Waals surface area contributed by atoms with Gasteiger partial charge in [0.05, 0.1) is 0 Å². The van der Waals surface area contributed by atoms with Crippen molar-refractivity contribution < 1.29 is 19.1 Å². The van der Waals surface area contributed by atoms with E-state index in [1.807, 2.05) is 0 Å². The lowest BCUT2D eigenvalue weighted by atomic mass is 9.53. The van der Waals surface area contributed by atoms with Crippen LogP contribution in [0.15, 0.2) is 0 Å². The van der Waals surface area contributed by atoms with Gasteiger partial charge in [0.1, 0.15) is 0 Å². The molecular weight excluding hydrogens is 347 g/mol. The highest BCUT2D eigenvalue weighted by molar-refractivity contribution is 5.74. The number of carboxylic acid groups (broad SMARTS) is 1. The number of unbranched alkanes of at least 4 members (excludes halogenated alkanes) is 5. The summed E-state index contributed by atoms with van der Waals surface area (Å²) < 4.78 is 12.9. The number of carbonyl (C=O) groups is 2. The highest BCUT2D eigenvalue weighted by Gasteiger charge is 2.51. The van der Waals surface area contributed by atoms with Gasteiger partial charge < -0.3 is 15.7 Å². The third-order valence-corrected chi connectivity index (χ3v) is 6.85. The van der Waals surface area contributed by atoms with Gasteiger partial charge in [-0.05, 0) is 75.5 Å². The number of hydrogen-bond donors (Lipinski definition) is 3. The van der Waals surface area contributed by atoms with Crippen molar-refractivity contribution in [2.24, 2.45) is 17.8 Å². The number of nitrogens with one attached hydrogen (secondary N) is 2. The Labute approximate surface area is 161 Å². The third-order valence-electron chi connectivity index (χ3n) is 6.85. The van der Waals surface area contributed by atoms with Gasteiger partial charge >= 0.3 is 12.0 Å².